The summed E-state index contributed by atoms with van der Waals surface area (Å²) in [5.74, 6) is -0.301. The zero-order valence-electron chi connectivity index (χ0n) is 8.37. The Morgan fingerprint density at radius 3 is 3.07 bits per heavy atom. The summed E-state index contributed by atoms with van der Waals surface area (Å²) in [6.45, 7) is 0.690. The minimum atomic E-state index is -0.707. The van der Waals surface area contributed by atoms with Gasteiger partial charge in [0.25, 0.3) is 0 Å². The molecule has 0 aromatic heterocycles. The van der Waals surface area contributed by atoms with E-state index in [0.717, 1.165) is 0 Å². The van der Waals surface area contributed by atoms with Crippen molar-refractivity contribution >= 4 is 11.9 Å². The second-order valence-electron chi connectivity index (χ2n) is 3.88. The summed E-state index contributed by atoms with van der Waals surface area (Å²) in [6.07, 6.45) is 1.17. The SMILES string of the molecule is COC(=O)C12CCNC(C1)C(=O)N2C. The van der Waals surface area contributed by atoms with Gasteiger partial charge in [0.05, 0.1) is 13.2 Å². The van der Waals surface area contributed by atoms with E-state index < -0.39 is 5.54 Å². The van der Waals surface area contributed by atoms with Crippen molar-refractivity contribution in [2.45, 2.75) is 24.4 Å². The summed E-state index contributed by atoms with van der Waals surface area (Å²) in [5.41, 5.74) is -0.707. The van der Waals surface area contributed by atoms with Gasteiger partial charge in [0.1, 0.15) is 5.54 Å². The zero-order chi connectivity index (χ0) is 10.3. The molecule has 2 unspecified atom stereocenters. The van der Waals surface area contributed by atoms with E-state index in [0.29, 0.717) is 19.4 Å². The van der Waals surface area contributed by atoms with E-state index in [4.69, 9.17) is 4.74 Å². The first kappa shape index (κ1) is 9.45. The highest BCUT2D eigenvalue weighted by molar-refractivity contribution is 5.95. The Kier molecular flexibility index (Phi) is 1.99. The van der Waals surface area contributed by atoms with Gasteiger partial charge in [0, 0.05) is 13.5 Å². The Morgan fingerprint density at radius 2 is 2.43 bits per heavy atom. The molecule has 5 nitrogen and oxygen atoms in total. The van der Waals surface area contributed by atoms with Gasteiger partial charge < -0.3 is 15.0 Å². The number of likely N-dealkylation sites (N-methyl/N-ethyl adjacent to an activating group) is 1. The molecule has 1 N–H and O–H groups in total. The molecule has 2 saturated heterocycles. The molecule has 2 bridgehead atoms. The topological polar surface area (TPSA) is 58.6 Å². The monoisotopic (exact) mass is 198 g/mol. The van der Waals surface area contributed by atoms with Crippen molar-refractivity contribution in [3.05, 3.63) is 0 Å². The van der Waals surface area contributed by atoms with Crippen LogP contribution >= 0.6 is 0 Å². The van der Waals surface area contributed by atoms with Crippen LogP contribution in [-0.2, 0) is 14.3 Å². The molecule has 78 valence electrons. The molecule has 1 amide bonds. The van der Waals surface area contributed by atoms with Crippen LogP contribution in [0.4, 0.5) is 0 Å². The Balaban J connectivity index is 2.34. The number of esters is 1. The fraction of sp³-hybridized carbons (Fsp3) is 0.778. The van der Waals surface area contributed by atoms with Gasteiger partial charge in [0.2, 0.25) is 5.91 Å². The van der Waals surface area contributed by atoms with Gasteiger partial charge in [-0.25, -0.2) is 4.79 Å². The maximum atomic E-state index is 11.7. The fourth-order valence-corrected chi connectivity index (χ4v) is 2.40. The number of methoxy groups -OCH3 is 1. The average molecular weight is 198 g/mol. The van der Waals surface area contributed by atoms with Crippen LogP contribution in [0.15, 0.2) is 0 Å². The third-order valence-electron chi connectivity index (χ3n) is 3.31. The maximum absolute atomic E-state index is 11.7. The van der Waals surface area contributed by atoms with Gasteiger partial charge >= 0.3 is 5.97 Å². The number of rotatable bonds is 1. The van der Waals surface area contributed by atoms with Crippen LogP contribution in [0.3, 0.4) is 0 Å². The zero-order valence-corrected chi connectivity index (χ0v) is 8.37. The summed E-state index contributed by atoms with van der Waals surface area (Å²) >= 11 is 0. The number of nitrogens with zero attached hydrogens (tertiary/aromatic N) is 1. The van der Waals surface area contributed by atoms with Crippen LogP contribution in [0.5, 0.6) is 0 Å². The van der Waals surface area contributed by atoms with Crippen LogP contribution in [0.1, 0.15) is 12.8 Å². The number of piperidine rings is 1. The van der Waals surface area contributed by atoms with Gasteiger partial charge in [-0.1, -0.05) is 0 Å². The van der Waals surface area contributed by atoms with Crippen molar-refractivity contribution < 1.29 is 14.3 Å². The van der Waals surface area contributed by atoms with E-state index in [-0.39, 0.29) is 17.9 Å². The fourth-order valence-electron chi connectivity index (χ4n) is 2.40. The molecule has 2 aliphatic rings. The summed E-state index contributed by atoms with van der Waals surface area (Å²) in [7, 11) is 3.04. The largest absolute Gasteiger partial charge is 0.467 e. The second kappa shape index (κ2) is 2.95. The number of likely N-dealkylation sites (tertiary alicyclic amines) is 1. The van der Waals surface area contributed by atoms with E-state index >= 15 is 0 Å². The molecule has 2 fully saturated rings. The van der Waals surface area contributed by atoms with Crippen LogP contribution in [0, 0.1) is 0 Å². The number of hydrogen-bond acceptors (Lipinski definition) is 4. The lowest BCUT2D eigenvalue weighted by Gasteiger charge is -2.34. The molecule has 0 aromatic carbocycles. The summed E-state index contributed by atoms with van der Waals surface area (Å²) in [4.78, 5) is 24.9. The van der Waals surface area contributed by atoms with Gasteiger partial charge in [-0.3, -0.25) is 4.79 Å². The van der Waals surface area contributed by atoms with Crippen molar-refractivity contribution in [2.24, 2.45) is 0 Å². The molecule has 2 rings (SSSR count). The van der Waals surface area contributed by atoms with Gasteiger partial charge in [0.15, 0.2) is 0 Å². The molecule has 0 spiro atoms. The van der Waals surface area contributed by atoms with Crippen LogP contribution < -0.4 is 5.32 Å². The highest BCUT2D eigenvalue weighted by atomic mass is 16.5. The molecule has 5 heteroatoms. The lowest BCUT2D eigenvalue weighted by atomic mass is 9.88. The number of fused-ring (bicyclic) bond motifs is 2. The van der Waals surface area contributed by atoms with E-state index in [1.54, 1.807) is 7.05 Å². The number of hydrogen-bond donors (Lipinski definition) is 1. The van der Waals surface area contributed by atoms with E-state index in [2.05, 4.69) is 5.32 Å². The van der Waals surface area contributed by atoms with Crippen LogP contribution in [0.25, 0.3) is 0 Å². The predicted octanol–water partition coefficient (Wildman–Crippen LogP) is -0.878. The van der Waals surface area contributed by atoms with Crippen molar-refractivity contribution in [3.8, 4) is 0 Å². The van der Waals surface area contributed by atoms with Crippen LogP contribution in [-0.4, -0.2) is 49.1 Å². The first-order chi connectivity index (χ1) is 6.62. The highest BCUT2D eigenvalue weighted by Crippen LogP contribution is 2.36. The Labute approximate surface area is 82.4 Å². The molecule has 2 aliphatic heterocycles. The number of nitrogens with one attached hydrogen (secondary N) is 1. The number of carbonyl (C=O) groups is 2. The minimum absolute atomic E-state index is 0.00657. The molecule has 0 radical (unpaired) electrons. The number of carbonyl (C=O) groups excluding carboxylic acids is 2. The summed E-state index contributed by atoms with van der Waals surface area (Å²) < 4.78 is 4.77. The van der Waals surface area contributed by atoms with Crippen molar-refractivity contribution in [2.75, 3.05) is 20.7 Å². The second-order valence-corrected chi connectivity index (χ2v) is 3.88. The highest BCUT2D eigenvalue weighted by Gasteiger charge is 2.56. The molecular formula is C9H14N2O3. The lowest BCUT2D eigenvalue weighted by molar-refractivity contribution is -0.156. The molecular weight excluding hydrogens is 184 g/mol. The van der Waals surface area contributed by atoms with Crippen molar-refractivity contribution in [1.82, 2.24) is 10.2 Å². The molecule has 0 aliphatic carbocycles. The molecule has 0 saturated carbocycles. The van der Waals surface area contributed by atoms with Gasteiger partial charge in [-0.2, -0.15) is 0 Å². The Bertz CT molecular complexity index is 292. The summed E-state index contributed by atoms with van der Waals surface area (Å²) in [6, 6.07) is -0.201. The summed E-state index contributed by atoms with van der Waals surface area (Å²) in [5, 5.41) is 3.10. The minimum Gasteiger partial charge on any atom is -0.467 e. The standard InChI is InChI=1S/C9H14N2O3/c1-11-7(12)6-5-9(11,3-4-10-6)8(13)14-2/h6,10H,3-5H2,1-2H3. The Morgan fingerprint density at radius 1 is 1.71 bits per heavy atom. The van der Waals surface area contributed by atoms with Gasteiger partial charge in [-0.05, 0) is 13.0 Å². The molecule has 0 aromatic rings. The number of amides is 1. The Hall–Kier alpha value is -1.10. The first-order valence-corrected chi connectivity index (χ1v) is 4.71. The van der Waals surface area contributed by atoms with Crippen molar-refractivity contribution in [1.29, 1.82) is 0 Å². The number of ether oxygens (including phenoxy) is 1. The predicted molar refractivity (Wildman–Crippen MR) is 48.5 cm³/mol. The van der Waals surface area contributed by atoms with E-state index in [1.807, 2.05) is 0 Å². The third kappa shape index (κ3) is 0.987. The molecule has 2 heterocycles. The van der Waals surface area contributed by atoms with Crippen molar-refractivity contribution in [3.63, 3.8) is 0 Å². The maximum Gasteiger partial charge on any atom is 0.331 e. The lowest BCUT2D eigenvalue weighted by Crippen LogP contribution is -2.52. The van der Waals surface area contributed by atoms with E-state index in [1.165, 1.54) is 12.0 Å². The van der Waals surface area contributed by atoms with E-state index in [9.17, 15) is 9.59 Å². The normalized spacial score (nSPS) is 36.0. The third-order valence-corrected chi connectivity index (χ3v) is 3.31. The van der Waals surface area contributed by atoms with Crippen LogP contribution in [0.2, 0.25) is 0 Å². The first-order valence-electron chi connectivity index (χ1n) is 4.71. The van der Waals surface area contributed by atoms with Gasteiger partial charge in [-0.15, -0.1) is 0 Å². The quantitative estimate of drug-likeness (QED) is 0.556. The molecule has 14 heavy (non-hydrogen) atoms. The smallest absolute Gasteiger partial charge is 0.331 e. The molecule has 2 atom stereocenters. The average Bonchev–Trinajstić information content (AvgIpc) is 2.40.